The van der Waals surface area contributed by atoms with E-state index < -0.39 is 24.0 Å². The zero-order valence-corrected chi connectivity index (χ0v) is 19.7. The summed E-state index contributed by atoms with van der Waals surface area (Å²) >= 11 is 0. The molecule has 2 atom stereocenters. The standard InChI is InChI=1S/C26H28F3N5O/c1-33-13-11-18(15-33)25(35)34(2)24(26(27,28)29)17-7-9-19(10-8-17)32-21-14-31-20-4-3-12-30-23(20)22(21)16-5-6-16/h3-4,7-10,12,14,16,18,24,32H,5-6,11,13,15H2,1-2H3/t18?,24-/m0/s1. The molecule has 1 unspecified atom stereocenters. The number of fused-ring (bicyclic) bond motifs is 1. The number of anilines is 2. The van der Waals surface area contributed by atoms with Crippen LogP contribution >= 0.6 is 0 Å². The van der Waals surface area contributed by atoms with Crippen molar-refractivity contribution in [3.8, 4) is 0 Å². The van der Waals surface area contributed by atoms with Crippen LogP contribution in [0.1, 0.15) is 42.3 Å². The van der Waals surface area contributed by atoms with Crippen LogP contribution in [-0.2, 0) is 4.79 Å². The third-order valence-corrected chi connectivity index (χ3v) is 6.94. The largest absolute Gasteiger partial charge is 0.413 e. The zero-order chi connectivity index (χ0) is 24.7. The Morgan fingerprint density at radius 2 is 1.89 bits per heavy atom. The van der Waals surface area contributed by atoms with Gasteiger partial charge in [-0.1, -0.05) is 12.1 Å². The van der Waals surface area contributed by atoms with E-state index in [-0.39, 0.29) is 5.56 Å². The molecule has 1 amide bonds. The highest BCUT2D eigenvalue weighted by Crippen LogP contribution is 2.46. The Bertz CT molecular complexity index is 1230. The summed E-state index contributed by atoms with van der Waals surface area (Å²) in [4.78, 5) is 24.7. The van der Waals surface area contributed by atoms with Crippen LogP contribution in [0.15, 0.2) is 48.8 Å². The van der Waals surface area contributed by atoms with Gasteiger partial charge in [0.05, 0.1) is 28.8 Å². The van der Waals surface area contributed by atoms with Gasteiger partial charge in [-0.25, -0.2) is 0 Å². The summed E-state index contributed by atoms with van der Waals surface area (Å²) in [5, 5.41) is 3.32. The van der Waals surface area contributed by atoms with E-state index in [1.54, 1.807) is 24.5 Å². The molecule has 3 heterocycles. The number of alkyl halides is 3. The maximum Gasteiger partial charge on any atom is 0.413 e. The van der Waals surface area contributed by atoms with Crippen molar-refractivity contribution in [2.24, 2.45) is 5.92 Å². The van der Waals surface area contributed by atoms with Crippen LogP contribution in [0.25, 0.3) is 11.0 Å². The second-order valence-corrected chi connectivity index (χ2v) is 9.62. The zero-order valence-electron chi connectivity index (χ0n) is 19.7. The molecular formula is C26H28F3N5O. The number of halogens is 3. The SMILES string of the molecule is CN1CCC(C(=O)N(C)[C@@H](c2ccc(Nc3cnc4cccnc4c3C3CC3)cc2)C(F)(F)F)C1. The molecule has 1 aliphatic heterocycles. The number of pyridine rings is 2. The van der Waals surface area contributed by atoms with Gasteiger partial charge in [0.25, 0.3) is 0 Å². The minimum Gasteiger partial charge on any atom is -0.354 e. The summed E-state index contributed by atoms with van der Waals surface area (Å²) in [7, 11) is 3.12. The molecule has 184 valence electrons. The fraction of sp³-hybridized carbons (Fsp3) is 0.423. The van der Waals surface area contributed by atoms with Gasteiger partial charge in [-0.15, -0.1) is 0 Å². The van der Waals surface area contributed by atoms with E-state index in [1.807, 2.05) is 24.1 Å². The number of nitrogens with one attached hydrogen (secondary N) is 1. The van der Waals surface area contributed by atoms with Gasteiger partial charge >= 0.3 is 6.18 Å². The number of aromatic nitrogens is 2. The van der Waals surface area contributed by atoms with Crippen molar-refractivity contribution in [3.05, 3.63) is 59.9 Å². The molecule has 5 rings (SSSR count). The number of amides is 1. The molecule has 0 bridgehead atoms. The molecule has 2 aliphatic rings. The van der Waals surface area contributed by atoms with E-state index in [9.17, 15) is 18.0 Å². The average molecular weight is 484 g/mol. The monoisotopic (exact) mass is 483 g/mol. The third-order valence-electron chi connectivity index (χ3n) is 6.94. The van der Waals surface area contributed by atoms with Crippen LogP contribution in [0.4, 0.5) is 24.5 Å². The number of rotatable bonds is 6. The highest BCUT2D eigenvalue weighted by atomic mass is 19.4. The maximum atomic E-state index is 14.1. The molecule has 1 saturated carbocycles. The lowest BCUT2D eigenvalue weighted by atomic mass is 10.0. The Morgan fingerprint density at radius 3 is 2.51 bits per heavy atom. The number of hydrogen-bond donors (Lipinski definition) is 1. The van der Waals surface area contributed by atoms with Gasteiger partial charge in [0.1, 0.15) is 0 Å². The predicted octanol–water partition coefficient (Wildman–Crippen LogP) is 5.26. The first-order valence-electron chi connectivity index (χ1n) is 11.8. The van der Waals surface area contributed by atoms with Crippen LogP contribution in [-0.4, -0.2) is 59.0 Å². The third kappa shape index (κ3) is 4.82. The van der Waals surface area contributed by atoms with Crippen LogP contribution < -0.4 is 5.32 Å². The van der Waals surface area contributed by atoms with Crippen molar-refractivity contribution in [2.75, 3.05) is 32.5 Å². The Kier molecular flexibility index (Phi) is 6.13. The average Bonchev–Trinajstić information content (AvgIpc) is 3.57. The molecule has 1 aliphatic carbocycles. The highest BCUT2D eigenvalue weighted by molar-refractivity contribution is 5.85. The molecule has 6 nitrogen and oxygen atoms in total. The Morgan fingerprint density at radius 1 is 1.14 bits per heavy atom. The topological polar surface area (TPSA) is 61.4 Å². The second kappa shape index (κ2) is 9.11. The minimum atomic E-state index is -4.59. The van der Waals surface area contributed by atoms with Crippen molar-refractivity contribution in [1.82, 2.24) is 19.8 Å². The fourth-order valence-electron chi connectivity index (χ4n) is 5.01. The summed E-state index contributed by atoms with van der Waals surface area (Å²) < 4.78 is 42.3. The lowest BCUT2D eigenvalue weighted by Crippen LogP contribution is -2.43. The molecule has 9 heteroatoms. The van der Waals surface area contributed by atoms with Gasteiger partial charge in [0.15, 0.2) is 6.04 Å². The molecule has 1 aromatic carbocycles. The maximum absolute atomic E-state index is 14.1. The van der Waals surface area contributed by atoms with E-state index in [0.717, 1.165) is 40.0 Å². The van der Waals surface area contributed by atoms with Gasteiger partial charge in [0, 0.05) is 31.0 Å². The van der Waals surface area contributed by atoms with E-state index >= 15 is 0 Å². The predicted molar refractivity (Wildman–Crippen MR) is 128 cm³/mol. The van der Waals surface area contributed by atoms with Gasteiger partial charge in [-0.2, -0.15) is 13.2 Å². The molecule has 2 aromatic heterocycles. The quantitative estimate of drug-likeness (QED) is 0.518. The van der Waals surface area contributed by atoms with Crippen molar-refractivity contribution in [2.45, 2.75) is 37.4 Å². The van der Waals surface area contributed by atoms with Gasteiger partial charge < -0.3 is 15.1 Å². The summed E-state index contributed by atoms with van der Waals surface area (Å²) in [6.45, 7) is 1.19. The summed E-state index contributed by atoms with van der Waals surface area (Å²) in [6.07, 6.45) is 1.64. The molecule has 3 aromatic rings. The van der Waals surface area contributed by atoms with Crippen molar-refractivity contribution in [3.63, 3.8) is 0 Å². The van der Waals surface area contributed by atoms with Crippen LogP contribution in [0.3, 0.4) is 0 Å². The van der Waals surface area contributed by atoms with Gasteiger partial charge in [-0.3, -0.25) is 14.8 Å². The first-order valence-corrected chi connectivity index (χ1v) is 11.8. The van der Waals surface area contributed by atoms with Gasteiger partial charge in [0.2, 0.25) is 5.91 Å². The number of carbonyl (C=O) groups excluding carboxylic acids is 1. The lowest BCUT2D eigenvalue weighted by molar-refractivity contribution is -0.190. The van der Waals surface area contributed by atoms with E-state index in [4.69, 9.17) is 0 Å². The summed E-state index contributed by atoms with van der Waals surface area (Å²) in [5.74, 6) is -0.477. The fourth-order valence-corrected chi connectivity index (χ4v) is 5.01. The van der Waals surface area contributed by atoms with Crippen molar-refractivity contribution < 1.29 is 18.0 Å². The van der Waals surface area contributed by atoms with Crippen molar-refractivity contribution in [1.29, 1.82) is 0 Å². The molecule has 1 saturated heterocycles. The molecule has 2 fully saturated rings. The lowest BCUT2D eigenvalue weighted by Gasteiger charge is -2.32. The molecule has 0 radical (unpaired) electrons. The van der Waals surface area contributed by atoms with Gasteiger partial charge in [-0.05, 0) is 68.6 Å². The number of likely N-dealkylation sites (tertiary alicyclic amines) is 1. The molecular weight excluding hydrogens is 455 g/mol. The normalized spacial score (nSPS) is 19.6. The van der Waals surface area contributed by atoms with Crippen LogP contribution in [0.5, 0.6) is 0 Å². The van der Waals surface area contributed by atoms with E-state index in [1.165, 1.54) is 19.2 Å². The van der Waals surface area contributed by atoms with Crippen molar-refractivity contribution >= 4 is 28.3 Å². The van der Waals surface area contributed by atoms with Crippen LogP contribution in [0, 0.1) is 5.92 Å². The Hall–Kier alpha value is -3.20. The highest BCUT2D eigenvalue weighted by Gasteiger charge is 2.46. The van der Waals surface area contributed by atoms with Crippen LogP contribution in [0.2, 0.25) is 0 Å². The smallest absolute Gasteiger partial charge is 0.354 e. The first-order chi connectivity index (χ1) is 16.7. The molecule has 35 heavy (non-hydrogen) atoms. The summed E-state index contributed by atoms with van der Waals surface area (Å²) in [6, 6.07) is 7.89. The Balaban J connectivity index is 1.39. The Labute approximate surface area is 202 Å². The van der Waals surface area contributed by atoms with E-state index in [2.05, 4.69) is 15.3 Å². The molecule has 0 spiro atoms. The molecule has 1 N–H and O–H groups in total. The number of nitrogens with zero attached hydrogens (tertiary/aromatic N) is 4. The number of hydrogen-bond acceptors (Lipinski definition) is 5. The minimum absolute atomic E-state index is 0.0333. The summed E-state index contributed by atoms with van der Waals surface area (Å²) in [5.41, 5.74) is 4.28. The first kappa shape index (κ1) is 23.5. The number of carbonyl (C=O) groups is 1. The van der Waals surface area contributed by atoms with E-state index in [0.29, 0.717) is 31.1 Å². The second-order valence-electron chi connectivity index (χ2n) is 9.62. The number of benzene rings is 1.